The van der Waals surface area contributed by atoms with Crippen LogP contribution in [0.15, 0.2) is 0 Å². The minimum atomic E-state index is -4.64. The van der Waals surface area contributed by atoms with E-state index in [1.807, 2.05) is 0 Å². The first-order valence-corrected chi connectivity index (χ1v) is 5.76. The maximum atomic E-state index is 8.88. The standard InChI is InChI=1S/2C4H9.H3O4P.W/c2*1-3-4-2;1-5(2,3)4;/h2*1,3-4H2,2H3;(H3,1,2,3,4);/q2*-1;;+2. The van der Waals surface area contributed by atoms with E-state index in [4.69, 9.17) is 19.2 Å². The summed E-state index contributed by atoms with van der Waals surface area (Å²) in [6.45, 7) is 11.4. The molecule has 0 aromatic heterocycles. The first kappa shape index (κ1) is 24.2. The topological polar surface area (TPSA) is 77.8 Å². The Morgan fingerprint density at radius 3 is 1.07 bits per heavy atom. The first-order valence-electron chi connectivity index (χ1n) is 4.20. The van der Waals surface area contributed by atoms with Gasteiger partial charge in [0.2, 0.25) is 0 Å². The van der Waals surface area contributed by atoms with Crippen molar-refractivity contribution in [3.05, 3.63) is 13.8 Å². The minimum Gasteiger partial charge on any atom is -0.343 e. The van der Waals surface area contributed by atoms with Gasteiger partial charge in [0, 0.05) is 0 Å². The number of unbranched alkanes of at least 4 members (excludes halogenated alkanes) is 2. The van der Waals surface area contributed by atoms with E-state index in [0.29, 0.717) is 0 Å². The maximum Gasteiger partial charge on any atom is 2.00 e. The van der Waals surface area contributed by atoms with Crippen LogP contribution < -0.4 is 0 Å². The summed E-state index contributed by atoms with van der Waals surface area (Å²) in [6, 6.07) is 0. The van der Waals surface area contributed by atoms with Crippen LogP contribution in [0, 0.1) is 13.8 Å². The third-order valence-electron chi connectivity index (χ3n) is 0.707. The third kappa shape index (κ3) is 228. The van der Waals surface area contributed by atoms with Gasteiger partial charge in [-0.15, -0.1) is 0 Å². The molecule has 3 N–H and O–H groups in total. The van der Waals surface area contributed by atoms with E-state index in [1.165, 1.54) is 12.8 Å². The second kappa shape index (κ2) is 19.4. The fourth-order valence-electron chi connectivity index (χ4n) is 0. The minimum absolute atomic E-state index is 0. The Bertz CT molecular complexity index is 99.6. The Balaban J connectivity index is -0.0000000522. The van der Waals surface area contributed by atoms with E-state index < -0.39 is 7.82 Å². The van der Waals surface area contributed by atoms with Crippen molar-refractivity contribution in [1.82, 2.24) is 0 Å². The van der Waals surface area contributed by atoms with Gasteiger partial charge < -0.3 is 28.5 Å². The van der Waals surface area contributed by atoms with Crippen LogP contribution >= 0.6 is 7.82 Å². The molecular weight excluding hydrogens is 375 g/mol. The summed E-state index contributed by atoms with van der Waals surface area (Å²) >= 11 is 0. The van der Waals surface area contributed by atoms with Crippen LogP contribution in [0.4, 0.5) is 0 Å². The molecule has 0 spiro atoms. The van der Waals surface area contributed by atoms with Gasteiger partial charge in [-0.3, -0.25) is 0 Å². The van der Waals surface area contributed by atoms with Crippen LogP contribution in [0.2, 0.25) is 0 Å². The van der Waals surface area contributed by atoms with E-state index in [9.17, 15) is 0 Å². The van der Waals surface area contributed by atoms with Crippen LogP contribution in [0.1, 0.15) is 39.5 Å². The van der Waals surface area contributed by atoms with Gasteiger partial charge in [-0.25, -0.2) is 4.57 Å². The van der Waals surface area contributed by atoms with Crippen LogP contribution in [-0.4, -0.2) is 14.7 Å². The second-order valence-electron chi connectivity index (χ2n) is 2.22. The molecular formula is C8H21O4PW. The Hall–Kier alpha value is 0.798. The first-order chi connectivity index (χ1) is 5.83. The van der Waals surface area contributed by atoms with Gasteiger partial charge in [0.15, 0.2) is 0 Å². The van der Waals surface area contributed by atoms with Gasteiger partial charge in [0.25, 0.3) is 0 Å². The molecule has 0 bridgehead atoms. The third-order valence-corrected chi connectivity index (χ3v) is 0.707. The molecule has 0 fully saturated rings. The average Bonchev–Trinajstić information content (AvgIpc) is 2.01. The predicted molar refractivity (Wildman–Crippen MR) is 54.8 cm³/mol. The summed E-state index contributed by atoms with van der Waals surface area (Å²) in [4.78, 5) is 21.6. The zero-order chi connectivity index (χ0) is 11.3. The van der Waals surface area contributed by atoms with Gasteiger partial charge >= 0.3 is 28.9 Å². The Labute approximate surface area is 102 Å². The number of phosphoric acid groups is 1. The molecule has 0 aromatic rings. The van der Waals surface area contributed by atoms with Crippen molar-refractivity contribution in [3.63, 3.8) is 0 Å². The van der Waals surface area contributed by atoms with Crippen molar-refractivity contribution >= 4 is 7.82 Å². The zero-order valence-electron chi connectivity index (χ0n) is 8.85. The molecule has 0 amide bonds. The molecule has 0 unspecified atom stereocenters. The largest absolute Gasteiger partial charge is 2.00 e. The fraction of sp³-hybridized carbons (Fsp3) is 0.750. The van der Waals surface area contributed by atoms with Crippen LogP contribution in [0.5, 0.6) is 0 Å². The van der Waals surface area contributed by atoms with Crippen LogP contribution in [0.25, 0.3) is 0 Å². The number of rotatable bonds is 2. The summed E-state index contributed by atoms with van der Waals surface area (Å²) in [5, 5.41) is 0. The molecule has 0 aliphatic carbocycles. The molecule has 0 aliphatic heterocycles. The summed E-state index contributed by atoms with van der Waals surface area (Å²) < 4.78 is 8.88. The Morgan fingerprint density at radius 1 is 1.00 bits per heavy atom. The molecule has 14 heavy (non-hydrogen) atoms. The molecule has 0 heterocycles. The predicted octanol–water partition coefficient (Wildman–Crippen LogP) is 2.31. The van der Waals surface area contributed by atoms with E-state index in [1.54, 1.807) is 0 Å². The number of hydrogen-bond acceptors (Lipinski definition) is 1. The quantitative estimate of drug-likeness (QED) is 0.495. The summed E-state index contributed by atoms with van der Waals surface area (Å²) in [6.07, 6.45) is 4.56. The molecule has 0 saturated heterocycles. The molecule has 0 radical (unpaired) electrons. The van der Waals surface area contributed by atoms with E-state index in [2.05, 4.69) is 27.7 Å². The normalized spacial score (nSPS) is 8.50. The SMILES string of the molecule is O=P(O)(O)O.[CH2-]CCC.[CH2-]CCC.[W+2]. The maximum absolute atomic E-state index is 8.88. The number of hydrogen-bond donors (Lipinski definition) is 3. The Kier molecular flexibility index (Phi) is 33.5. The molecule has 0 aromatic carbocycles. The summed E-state index contributed by atoms with van der Waals surface area (Å²) in [5.41, 5.74) is 0. The van der Waals surface area contributed by atoms with Gasteiger partial charge in [0.05, 0.1) is 0 Å². The van der Waals surface area contributed by atoms with Crippen molar-refractivity contribution in [2.24, 2.45) is 0 Å². The van der Waals surface area contributed by atoms with E-state index in [0.717, 1.165) is 12.8 Å². The van der Waals surface area contributed by atoms with Gasteiger partial charge in [-0.05, 0) is 0 Å². The van der Waals surface area contributed by atoms with Crippen molar-refractivity contribution in [2.45, 2.75) is 39.5 Å². The smallest absolute Gasteiger partial charge is 0.343 e. The fourth-order valence-corrected chi connectivity index (χ4v) is 0. The monoisotopic (exact) mass is 396 g/mol. The van der Waals surface area contributed by atoms with Crippen LogP contribution in [-0.2, 0) is 25.6 Å². The van der Waals surface area contributed by atoms with Crippen LogP contribution in [0.3, 0.4) is 0 Å². The van der Waals surface area contributed by atoms with Crippen molar-refractivity contribution < 1.29 is 40.3 Å². The van der Waals surface area contributed by atoms with E-state index >= 15 is 0 Å². The molecule has 88 valence electrons. The average molecular weight is 396 g/mol. The van der Waals surface area contributed by atoms with Crippen molar-refractivity contribution in [1.29, 1.82) is 0 Å². The Morgan fingerprint density at radius 2 is 1.07 bits per heavy atom. The molecule has 6 heteroatoms. The van der Waals surface area contributed by atoms with E-state index in [-0.39, 0.29) is 21.1 Å². The van der Waals surface area contributed by atoms with Gasteiger partial charge in [-0.1, -0.05) is 26.7 Å². The van der Waals surface area contributed by atoms with Gasteiger partial charge in [-0.2, -0.15) is 12.8 Å². The summed E-state index contributed by atoms with van der Waals surface area (Å²) in [7, 11) is -4.64. The molecule has 0 rings (SSSR count). The molecule has 0 aliphatic rings. The van der Waals surface area contributed by atoms with Gasteiger partial charge in [0.1, 0.15) is 0 Å². The zero-order valence-corrected chi connectivity index (χ0v) is 12.7. The van der Waals surface area contributed by atoms with Crippen molar-refractivity contribution in [2.75, 3.05) is 0 Å². The van der Waals surface area contributed by atoms with Crippen molar-refractivity contribution in [3.8, 4) is 0 Å². The second-order valence-corrected chi connectivity index (χ2v) is 3.25. The molecule has 0 atom stereocenters. The molecule has 4 nitrogen and oxygen atoms in total. The summed E-state index contributed by atoms with van der Waals surface area (Å²) in [5.74, 6) is 0. The molecule has 0 saturated carbocycles.